The zero-order valence-electron chi connectivity index (χ0n) is 16.9. The molecule has 2 aromatic heterocycles. The van der Waals surface area contributed by atoms with Crippen LogP contribution in [0, 0.1) is 17.5 Å². The van der Waals surface area contributed by atoms with E-state index >= 15 is 0 Å². The fraction of sp³-hybridized carbons (Fsp3) is 0.208. The van der Waals surface area contributed by atoms with Gasteiger partial charge in [-0.2, -0.15) is 0 Å². The molecule has 5 nitrogen and oxygen atoms in total. The van der Waals surface area contributed by atoms with Crippen LogP contribution in [0.2, 0.25) is 0 Å². The van der Waals surface area contributed by atoms with Gasteiger partial charge >= 0.3 is 0 Å². The van der Waals surface area contributed by atoms with Crippen molar-refractivity contribution in [2.45, 2.75) is 32.2 Å². The molecule has 0 N–H and O–H groups in total. The van der Waals surface area contributed by atoms with Crippen LogP contribution >= 0.6 is 0 Å². The van der Waals surface area contributed by atoms with Crippen LogP contribution in [0.3, 0.4) is 0 Å². The molecule has 0 aliphatic heterocycles. The van der Waals surface area contributed by atoms with Gasteiger partial charge in [0.05, 0.1) is 17.8 Å². The highest BCUT2D eigenvalue weighted by molar-refractivity contribution is 6.09. The van der Waals surface area contributed by atoms with Crippen molar-refractivity contribution in [3.8, 4) is 0 Å². The molecule has 0 saturated heterocycles. The third kappa shape index (κ3) is 3.32. The lowest BCUT2D eigenvalue weighted by atomic mass is 9.97. The second-order valence-electron chi connectivity index (χ2n) is 7.89. The van der Waals surface area contributed by atoms with Gasteiger partial charge in [-0.1, -0.05) is 24.3 Å². The number of nitrogens with zero attached hydrogens (tertiary/aromatic N) is 3. The van der Waals surface area contributed by atoms with Crippen molar-refractivity contribution < 1.29 is 18.0 Å². The summed E-state index contributed by atoms with van der Waals surface area (Å²) < 4.78 is 44.0. The third-order valence-electron chi connectivity index (χ3n) is 5.87. The molecule has 1 aliphatic rings. The quantitative estimate of drug-likeness (QED) is 0.357. The fourth-order valence-electron chi connectivity index (χ4n) is 4.14. The Labute approximate surface area is 180 Å². The van der Waals surface area contributed by atoms with E-state index in [-0.39, 0.29) is 11.1 Å². The van der Waals surface area contributed by atoms with Crippen LogP contribution in [0.5, 0.6) is 0 Å². The predicted octanol–water partition coefficient (Wildman–Crippen LogP) is 4.07. The van der Waals surface area contributed by atoms with Gasteiger partial charge in [-0.25, -0.2) is 18.2 Å². The van der Waals surface area contributed by atoms with Gasteiger partial charge < -0.3 is 4.57 Å². The Morgan fingerprint density at radius 2 is 1.69 bits per heavy atom. The highest BCUT2D eigenvalue weighted by Gasteiger charge is 2.21. The van der Waals surface area contributed by atoms with Gasteiger partial charge in [0.15, 0.2) is 23.2 Å². The fourth-order valence-corrected chi connectivity index (χ4v) is 4.14. The first kappa shape index (κ1) is 20.2. The van der Waals surface area contributed by atoms with Crippen LogP contribution in [0.4, 0.5) is 13.2 Å². The Morgan fingerprint density at radius 3 is 2.47 bits per heavy atom. The van der Waals surface area contributed by atoms with Crippen LogP contribution in [0.15, 0.2) is 53.6 Å². The summed E-state index contributed by atoms with van der Waals surface area (Å²) in [4.78, 5) is 30.0. The van der Waals surface area contributed by atoms with E-state index in [4.69, 9.17) is 4.98 Å². The van der Waals surface area contributed by atoms with Crippen molar-refractivity contribution in [1.82, 2.24) is 14.0 Å². The molecule has 0 radical (unpaired) electrons. The SMILES string of the molecule is O=C(c1ccc(Cn2ccn3c(=O)c4c(nc23)CCCC4)cc1)c1ccc(F)c(F)c1F. The number of halogens is 3. The minimum atomic E-state index is -1.67. The predicted molar refractivity (Wildman–Crippen MR) is 111 cm³/mol. The Morgan fingerprint density at radius 1 is 0.938 bits per heavy atom. The molecule has 2 heterocycles. The number of imidazole rings is 1. The summed E-state index contributed by atoms with van der Waals surface area (Å²) in [5.74, 6) is -4.70. The molecule has 0 amide bonds. The first-order valence-electron chi connectivity index (χ1n) is 10.3. The Balaban J connectivity index is 1.43. The first-order valence-corrected chi connectivity index (χ1v) is 10.3. The summed E-state index contributed by atoms with van der Waals surface area (Å²) in [7, 11) is 0. The molecule has 0 spiro atoms. The topological polar surface area (TPSA) is 56.4 Å². The maximum atomic E-state index is 14.0. The van der Waals surface area contributed by atoms with Crippen LogP contribution < -0.4 is 5.56 Å². The Bertz CT molecular complexity index is 1420. The van der Waals surface area contributed by atoms with Crippen LogP contribution in [0.1, 0.15) is 45.6 Å². The number of carbonyl (C=O) groups is 1. The lowest BCUT2D eigenvalue weighted by molar-refractivity contribution is 0.103. The number of carbonyl (C=O) groups excluding carboxylic acids is 1. The molecule has 32 heavy (non-hydrogen) atoms. The summed E-state index contributed by atoms with van der Waals surface area (Å²) >= 11 is 0. The summed E-state index contributed by atoms with van der Waals surface area (Å²) in [5.41, 5.74) is 2.07. The number of aryl methyl sites for hydroxylation is 1. The minimum absolute atomic E-state index is 0.0297. The van der Waals surface area contributed by atoms with Crippen molar-refractivity contribution in [3.63, 3.8) is 0 Å². The molecular weight excluding hydrogens is 419 g/mol. The van der Waals surface area contributed by atoms with E-state index in [2.05, 4.69) is 0 Å². The smallest absolute Gasteiger partial charge is 0.262 e. The van der Waals surface area contributed by atoms with Gasteiger partial charge in [0.1, 0.15) is 0 Å². The number of fused-ring (bicyclic) bond motifs is 2. The first-order chi connectivity index (χ1) is 15.4. The van der Waals surface area contributed by atoms with E-state index < -0.39 is 28.8 Å². The van der Waals surface area contributed by atoms with Gasteiger partial charge in [0.25, 0.3) is 5.56 Å². The van der Waals surface area contributed by atoms with Gasteiger partial charge in [-0.15, -0.1) is 0 Å². The number of benzene rings is 2. The molecule has 5 rings (SSSR count). The summed E-state index contributed by atoms with van der Waals surface area (Å²) in [6, 6.07) is 8.05. The van der Waals surface area contributed by atoms with Gasteiger partial charge in [-0.3, -0.25) is 14.0 Å². The van der Waals surface area contributed by atoms with Crippen molar-refractivity contribution in [2.75, 3.05) is 0 Å². The van der Waals surface area contributed by atoms with Crippen LogP contribution in [-0.4, -0.2) is 19.7 Å². The number of aromatic nitrogens is 3. The van der Waals surface area contributed by atoms with Gasteiger partial charge in [0.2, 0.25) is 5.78 Å². The van der Waals surface area contributed by atoms with Gasteiger partial charge in [-0.05, 0) is 43.4 Å². The highest BCUT2D eigenvalue weighted by Crippen LogP contribution is 2.20. The second kappa shape index (κ2) is 7.78. The van der Waals surface area contributed by atoms with E-state index in [1.165, 1.54) is 12.1 Å². The van der Waals surface area contributed by atoms with Gasteiger partial charge in [0, 0.05) is 23.5 Å². The zero-order chi connectivity index (χ0) is 22.4. The Hall–Kier alpha value is -3.68. The van der Waals surface area contributed by atoms with E-state index in [0.29, 0.717) is 12.3 Å². The van der Waals surface area contributed by atoms with E-state index in [1.54, 1.807) is 28.9 Å². The van der Waals surface area contributed by atoms with Crippen LogP contribution in [0.25, 0.3) is 5.78 Å². The number of hydrogen-bond donors (Lipinski definition) is 0. The zero-order valence-corrected chi connectivity index (χ0v) is 16.9. The normalized spacial score (nSPS) is 13.3. The van der Waals surface area contributed by atoms with Crippen molar-refractivity contribution in [3.05, 3.63) is 105 Å². The van der Waals surface area contributed by atoms with Crippen molar-refractivity contribution in [1.29, 1.82) is 0 Å². The summed E-state index contributed by atoms with van der Waals surface area (Å²) in [6.45, 7) is 0.412. The summed E-state index contributed by atoms with van der Waals surface area (Å²) in [5, 5.41) is 0. The lowest BCUT2D eigenvalue weighted by Gasteiger charge is -2.14. The standard InChI is InChI=1S/C24H18F3N3O2/c25-18-10-9-17(20(26)21(18)27)22(31)15-7-5-14(6-8-15)13-29-11-12-30-23(32)16-3-1-2-4-19(16)28-24(29)30/h5-12H,1-4,13H2. The molecule has 0 saturated carbocycles. The molecule has 0 bridgehead atoms. The average molecular weight is 437 g/mol. The third-order valence-corrected chi connectivity index (χ3v) is 5.87. The molecule has 8 heteroatoms. The van der Waals surface area contributed by atoms with E-state index in [1.807, 2.05) is 4.57 Å². The Kier molecular flexibility index (Phi) is 4.92. The second-order valence-corrected chi connectivity index (χ2v) is 7.89. The maximum absolute atomic E-state index is 14.0. The molecule has 0 atom stereocenters. The van der Waals surface area contributed by atoms with Crippen molar-refractivity contribution >= 4 is 11.6 Å². The molecule has 162 valence electrons. The molecule has 1 aliphatic carbocycles. The maximum Gasteiger partial charge on any atom is 0.262 e. The van der Waals surface area contributed by atoms with E-state index in [9.17, 15) is 22.8 Å². The van der Waals surface area contributed by atoms with Crippen LogP contribution in [-0.2, 0) is 19.4 Å². The monoisotopic (exact) mass is 437 g/mol. The molecule has 2 aromatic carbocycles. The lowest BCUT2D eigenvalue weighted by Crippen LogP contribution is -2.24. The van der Waals surface area contributed by atoms with E-state index in [0.717, 1.165) is 54.6 Å². The van der Waals surface area contributed by atoms with Crippen molar-refractivity contribution in [2.24, 2.45) is 0 Å². The largest absolute Gasteiger partial charge is 0.312 e. The minimum Gasteiger partial charge on any atom is -0.312 e. The molecule has 4 aromatic rings. The molecular formula is C24H18F3N3O2. The number of hydrogen-bond acceptors (Lipinski definition) is 3. The summed E-state index contributed by atoms with van der Waals surface area (Å²) in [6.07, 6.45) is 7.04. The number of ketones is 1. The number of rotatable bonds is 4. The highest BCUT2D eigenvalue weighted by atomic mass is 19.2. The molecule has 0 unspecified atom stereocenters. The molecule has 0 fully saturated rings. The average Bonchev–Trinajstić information content (AvgIpc) is 3.20.